The highest BCUT2D eigenvalue weighted by Gasteiger charge is 2.15. The standard InChI is InChI=1S/C27H23N3S/c1-20-14-16-24(17-15-20)30-26(18-21-8-3-2-4-9-21)28-29-27(30)31-19-23-12-7-11-22-10-5-6-13-25(22)23/h2-17H,18-19H2,1H3. The van der Waals surface area contributed by atoms with E-state index in [1.807, 2.05) is 6.07 Å². The van der Waals surface area contributed by atoms with Crippen LogP contribution in [0.1, 0.15) is 22.5 Å². The van der Waals surface area contributed by atoms with Gasteiger partial charge in [0.15, 0.2) is 5.16 Å². The molecule has 0 amide bonds. The lowest BCUT2D eigenvalue weighted by Gasteiger charge is -2.11. The smallest absolute Gasteiger partial charge is 0.196 e. The van der Waals surface area contributed by atoms with Gasteiger partial charge < -0.3 is 0 Å². The quantitative estimate of drug-likeness (QED) is 0.289. The number of benzene rings is 4. The van der Waals surface area contributed by atoms with E-state index in [-0.39, 0.29) is 0 Å². The number of aryl methyl sites for hydroxylation is 1. The Labute approximate surface area is 186 Å². The van der Waals surface area contributed by atoms with Gasteiger partial charge in [-0.05, 0) is 41.0 Å². The predicted octanol–water partition coefficient (Wildman–Crippen LogP) is 6.61. The molecule has 0 spiro atoms. The molecule has 0 N–H and O–H groups in total. The molecule has 3 nitrogen and oxygen atoms in total. The monoisotopic (exact) mass is 421 g/mol. The second-order valence-corrected chi connectivity index (χ2v) is 8.60. The summed E-state index contributed by atoms with van der Waals surface area (Å²) in [7, 11) is 0. The summed E-state index contributed by atoms with van der Waals surface area (Å²) in [5.41, 5.74) is 4.88. The van der Waals surface area contributed by atoms with Crippen molar-refractivity contribution in [2.45, 2.75) is 24.3 Å². The van der Waals surface area contributed by atoms with E-state index >= 15 is 0 Å². The minimum absolute atomic E-state index is 0.747. The molecule has 0 radical (unpaired) electrons. The molecule has 0 saturated carbocycles. The van der Waals surface area contributed by atoms with Gasteiger partial charge in [0, 0.05) is 17.9 Å². The molecule has 0 bridgehead atoms. The molecule has 1 heterocycles. The summed E-state index contributed by atoms with van der Waals surface area (Å²) < 4.78 is 2.20. The van der Waals surface area contributed by atoms with Crippen molar-refractivity contribution in [1.29, 1.82) is 0 Å². The second kappa shape index (κ2) is 8.78. The van der Waals surface area contributed by atoms with Crippen LogP contribution in [0.5, 0.6) is 0 Å². The number of hydrogen-bond acceptors (Lipinski definition) is 3. The normalized spacial score (nSPS) is 11.1. The van der Waals surface area contributed by atoms with Crippen LogP contribution in [0.2, 0.25) is 0 Å². The van der Waals surface area contributed by atoms with Gasteiger partial charge in [-0.15, -0.1) is 10.2 Å². The molecule has 5 aromatic rings. The highest BCUT2D eigenvalue weighted by Crippen LogP contribution is 2.29. The molecule has 5 rings (SSSR count). The molecular weight excluding hydrogens is 398 g/mol. The van der Waals surface area contributed by atoms with E-state index in [9.17, 15) is 0 Å². The lowest BCUT2D eigenvalue weighted by atomic mass is 10.1. The van der Waals surface area contributed by atoms with E-state index in [2.05, 4.69) is 113 Å². The van der Waals surface area contributed by atoms with Crippen LogP contribution in [0.4, 0.5) is 0 Å². The lowest BCUT2D eigenvalue weighted by molar-refractivity contribution is 0.847. The number of aromatic nitrogens is 3. The van der Waals surface area contributed by atoms with Crippen molar-refractivity contribution in [3.63, 3.8) is 0 Å². The van der Waals surface area contributed by atoms with Crippen molar-refractivity contribution < 1.29 is 0 Å². The summed E-state index contributed by atoms with van der Waals surface area (Å²) in [6.45, 7) is 2.11. The maximum absolute atomic E-state index is 4.58. The third-order valence-electron chi connectivity index (χ3n) is 5.43. The van der Waals surface area contributed by atoms with Crippen LogP contribution >= 0.6 is 11.8 Å². The Bertz CT molecular complexity index is 1300. The Kier molecular flexibility index (Phi) is 5.55. The van der Waals surface area contributed by atoms with Crippen molar-refractivity contribution in [1.82, 2.24) is 14.8 Å². The Hall–Kier alpha value is -3.37. The van der Waals surface area contributed by atoms with E-state index < -0.39 is 0 Å². The summed E-state index contributed by atoms with van der Waals surface area (Å²) in [6.07, 6.45) is 0.747. The molecule has 0 fully saturated rings. The van der Waals surface area contributed by atoms with Crippen molar-refractivity contribution in [2.24, 2.45) is 0 Å². The van der Waals surface area contributed by atoms with Crippen molar-refractivity contribution in [2.75, 3.05) is 0 Å². The third kappa shape index (κ3) is 4.25. The SMILES string of the molecule is Cc1ccc(-n2c(Cc3ccccc3)nnc2SCc2cccc3ccccc23)cc1. The fourth-order valence-electron chi connectivity index (χ4n) is 3.80. The van der Waals surface area contributed by atoms with Gasteiger partial charge >= 0.3 is 0 Å². The minimum atomic E-state index is 0.747. The molecule has 0 saturated heterocycles. The van der Waals surface area contributed by atoms with Crippen molar-refractivity contribution in [3.8, 4) is 5.69 Å². The Morgan fingerprint density at radius 1 is 0.742 bits per heavy atom. The number of nitrogens with zero attached hydrogens (tertiary/aromatic N) is 3. The van der Waals surface area contributed by atoms with Crippen LogP contribution in [0.3, 0.4) is 0 Å². The van der Waals surface area contributed by atoms with Gasteiger partial charge in [-0.3, -0.25) is 4.57 Å². The number of rotatable bonds is 6. The molecule has 1 aromatic heterocycles. The Morgan fingerprint density at radius 2 is 1.48 bits per heavy atom. The third-order valence-corrected chi connectivity index (χ3v) is 6.41. The van der Waals surface area contributed by atoms with Gasteiger partial charge in [-0.1, -0.05) is 102 Å². The van der Waals surface area contributed by atoms with Crippen LogP contribution in [-0.4, -0.2) is 14.8 Å². The van der Waals surface area contributed by atoms with Crippen LogP contribution < -0.4 is 0 Å². The second-order valence-electron chi connectivity index (χ2n) is 7.66. The number of thioether (sulfide) groups is 1. The molecule has 0 atom stereocenters. The average Bonchev–Trinajstić information content (AvgIpc) is 3.21. The lowest BCUT2D eigenvalue weighted by Crippen LogP contribution is -2.04. The predicted molar refractivity (Wildman–Crippen MR) is 129 cm³/mol. The Balaban J connectivity index is 1.49. The first-order chi connectivity index (χ1) is 15.3. The topological polar surface area (TPSA) is 30.7 Å². The Morgan fingerprint density at radius 3 is 2.32 bits per heavy atom. The van der Waals surface area contributed by atoms with E-state index in [1.54, 1.807) is 11.8 Å². The first-order valence-electron chi connectivity index (χ1n) is 10.4. The molecule has 0 aliphatic rings. The summed E-state index contributed by atoms with van der Waals surface area (Å²) >= 11 is 1.73. The zero-order chi connectivity index (χ0) is 21.0. The molecular formula is C27H23N3S. The van der Waals surface area contributed by atoms with E-state index in [0.29, 0.717) is 0 Å². The maximum atomic E-state index is 4.58. The van der Waals surface area contributed by atoms with E-state index in [1.165, 1.54) is 27.5 Å². The minimum Gasteiger partial charge on any atom is -0.274 e. The van der Waals surface area contributed by atoms with Gasteiger partial charge in [0.1, 0.15) is 5.82 Å². The highest BCUT2D eigenvalue weighted by atomic mass is 32.2. The number of fused-ring (bicyclic) bond motifs is 1. The first-order valence-corrected chi connectivity index (χ1v) is 11.4. The van der Waals surface area contributed by atoms with Crippen LogP contribution in [-0.2, 0) is 12.2 Å². The van der Waals surface area contributed by atoms with Gasteiger partial charge in [-0.25, -0.2) is 0 Å². The van der Waals surface area contributed by atoms with Crippen LogP contribution in [0, 0.1) is 6.92 Å². The zero-order valence-electron chi connectivity index (χ0n) is 17.4. The molecule has 0 unspecified atom stereocenters. The van der Waals surface area contributed by atoms with E-state index in [0.717, 1.165) is 28.8 Å². The van der Waals surface area contributed by atoms with Crippen molar-refractivity contribution in [3.05, 3.63) is 120 Å². The largest absolute Gasteiger partial charge is 0.274 e. The molecule has 0 aliphatic heterocycles. The highest BCUT2D eigenvalue weighted by molar-refractivity contribution is 7.98. The van der Waals surface area contributed by atoms with Crippen LogP contribution in [0.15, 0.2) is 102 Å². The van der Waals surface area contributed by atoms with E-state index in [4.69, 9.17) is 0 Å². The molecule has 0 aliphatic carbocycles. The molecule has 4 heteroatoms. The fraction of sp³-hybridized carbons (Fsp3) is 0.111. The summed E-state index contributed by atoms with van der Waals surface area (Å²) in [4.78, 5) is 0. The van der Waals surface area contributed by atoms with Gasteiger partial charge in [0.25, 0.3) is 0 Å². The average molecular weight is 422 g/mol. The van der Waals surface area contributed by atoms with Crippen molar-refractivity contribution >= 4 is 22.5 Å². The fourth-order valence-corrected chi connectivity index (χ4v) is 4.78. The first kappa shape index (κ1) is 19.6. The maximum Gasteiger partial charge on any atom is 0.196 e. The summed E-state index contributed by atoms with van der Waals surface area (Å²) in [6, 6.07) is 34.1. The molecule has 4 aromatic carbocycles. The summed E-state index contributed by atoms with van der Waals surface area (Å²) in [5, 5.41) is 12.6. The van der Waals surface area contributed by atoms with Gasteiger partial charge in [-0.2, -0.15) is 0 Å². The molecule has 152 valence electrons. The number of hydrogen-bond donors (Lipinski definition) is 0. The zero-order valence-corrected chi connectivity index (χ0v) is 18.2. The van der Waals surface area contributed by atoms with Crippen LogP contribution in [0.25, 0.3) is 16.5 Å². The van der Waals surface area contributed by atoms with Gasteiger partial charge in [0.2, 0.25) is 0 Å². The summed E-state index contributed by atoms with van der Waals surface area (Å²) in [5.74, 6) is 1.80. The molecule has 31 heavy (non-hydrogen) atoms. The van der Waals surface area contributed by atoms with Gasteiger partial charge in [0.05, 0.1) is 0 Å².